The first kappa shape index (κ1) is 13.0. The number of halogens is 1. The summed E-state index contributed by atoms with van der Waals surface area (Å²) in [5.41, 5.74) is 0.677. The van der Waals surface area contributed by atoms with Gasteiger partial charge in [-0.15, -0.1) is 0 Å². The van der Waals surface area contributed by atoms with Gasteiger partial charge in [0.15, 0.2) is 14.6 Å². The maximum atomic E-state index is 12.1. The van der Waals surface area contributed by atoms with Crippen molar-refractivity contribution in [1.29, 1.82) is 5.26 Å². The number of sulfone groups is 1. The third-order valence-corrected chi connectivity index (χ3v) is 5.11. The van der Waals surface area contributed by atoms with Crippen LogP contribution < -0.4 is 0 Å². The van der Waals surface area contributed by atoms with Gasteiger partial charge in [0.05, 0.1) is 11.0 Å². The van der Waals surface area contributed by atoms with Crippen molar-refractivity contribution in [2.45, 2.75) is 30.4 Å². The van der Waals surface area contributed by atoms with Crippen LogP contribution in [0.15, 0.2) is 23.1 Å². The van der Waals surface area contributed by atoms with Crippen LogP contribution in [0.5, 0.6) is 0 Å². The monoisotopic (exact) mass is 257 g/mol. The molecular weight excluding hydrogens is 246 g/mol. The number of benzene rings is 1. The molecule has 0 atom stereocenters. The van der Waals surface area contributed by atoms with E-state index in [9.17, 15) is 8.42 Å². The molecule has 0 amide bonds. The Morgan fingerprint density at radius 2 is 1.94 bits per heavy atom. The van der Waals surface area contributed by atoms with E-state index in [0.717, 1.165) is 0 Å². The van der Waals surface area contributed by atoms with E-state index < -0.39 is 14.6 Å². The molecule has 0 aromatic heterocycles. The van der Waals surface area contributed by atoms with Gasteiger partial charge in [0.25, 0.3) is 0 Å². The third kappa shape index (κ3) is 2.06. The molecule has 0 radical (unpaired) electrons. The van der Waals surface area contributed by atoms with Crippen molar-refractivity contribution in [3.63, 3.8) is 0 Å². The molecule has 5 heteroatoms. The molecule has 0 saturated carbocycles. The van der Waals surface area contributed by atoms with Crippen molar-refractivity contribution in [2.75, 3.05) is 0 Å². The predicted octanol–water partition coefficient (Wildman–Crippen LogP) is 2.72. The van der Waals surface area contributed by atoms with Gasteiger partial charge in [-0.25, -0.2) is 8.42 Å². The second kappa shape index (κ2) is 4.08. The van der Waals surface area contributed by atoms with Gasteiger partial charge in [-0.2, -0.15) is 5.26 Å². The fraction of sp³-hybridized carbons (Fsp3) is 0.364. The van der Waals surface area contributed by atoms with Crippen molar-refractivity contribution in [2.24, 2.45) is 0 Å². The summed E-state index contributed by atoms with van der Waals surface area (Å²) in [6.45, 7) is 4.49. The largest absolute Gasteiger partial charge is 0.222 e. The van der Waals surface area contributed by atoms with Crippen LogP contribution in [0.4, 0.5) is 0 Å². The molecule has 1 rings (SSSR count). The van der Waals surface area contributed by atoms with E-state index in [-0.39, 0.29) is 4.90 Å². The highest BCUT2D eigenvalue weighted by atomic mass is 35.5. The zero-order chi connectivity index (χ0) is 12.6. The average Bonchev–Trinajstić information content (AvgIpc) is 2.21. The Balaban J connectivity index is 3.41. The van der Waals surface area contributed by atoms with E-state index >= 15 is 0 Å². The lowest BCUT2D eigenvalue weighted by atomic mass is 10.2. The minimum absolute atomic E-state index is 0.126. The Bertz CT molecular complexity index is 556. The zero-order valence-electron chi connectivity index (χ0n) is 9.28. The van der Waals surface area contributed by atoms with Crippen LogP contribution in [0, 0.1) is 18.3 Å². The molecule has 0 fully saturated rings. The summed E-state index contributed by atoms with van der Waals surface area (Å²) in [5, 5.41) is 9.37. The summed E-state index contributed by atoms with van der Waals surface area (Å²) in [5.74, 6) is 0. The number of nitriles is 1. The molecule has 1 aromatic rings. The molecule has 0 aliphatic heterocycles. The summed E-state index contributed by atoms with van der Waals surface area (Å²) in [6.07, 6.45) is 0. The number of nitrogens with zero attached hydrogens (tertiary/aromatic N) is 1. The topological polar surface area (TPSA) is 57.9 Å². The fourth-order valence-electron chi connectivity index (χ4n) is 1.14. The fourth-order valence-corrected chi connectivity index (χ4v) is 2.55. The van der Waals surface area contributed by atoms with Gasteiger partial charge < -0.3 is 0 Å². The Hall–Kier alpha value is -1.05. The Morgan fingerprint density at radius 3 is 2.38 bits per heavy atom. The Kier molecular flexibility index (Phi) is 3.32. The van der Waals surface area contributed by atoms with Crippen LogP contribution in [0.1, 0.15) is 19.4 Å². The smallest absolute Gasteiger partial charge is 0.196 e. The summed E-state index contributed by atoms with van der Waals surface area (Å²) in [6, 6.07) is 6.22. The summed E-state index contributed by atoms with van der Waals surface area (Å²) in [7, 11) is -3.65. The summed E-state index contributed by atoms with van der Waals surface area (Å²) < 4.78 is 22.7. The van der Waals surface area contributed by atoms with Crippen LogP contribution in [0.2, 0.25) is 5.02 Å². The Morgan fingerprint density at radius 1 is 1.38 bits per heavy atom. The normalized spacial score (nSPS) is 12.2. The molecule has 0 unspecified atom stereocenters. The lowest BCUT2D eigenvalue weighted by Crippen LogP contribution is -2.29. The number of aryl methyl sites for hydroxylation is 1. The zero-order valence-corrected chi connectivity index (χ0v) is 10.9. The van der Waals surface area contributed by atoms with Crippen LogP contribution in [0.25, 0.3) is 0 Å². The minimum Gasteiger partial charge on any atom is -0.222 e. The van der Waals surface area contributed by atoms with Crippen molar-refractivity contribution >= 4 is 21.4 Å². The second-order valence-electron chi connectivity index (χ2n) is 4.04. The first-order valence-corrected chi connectivity index (χ1v) is 6.50. The van der Waals surface area contributed by atoms with Gasteiger partial charge in [0.1, 0.15) is 0 Å². The average molecular weight is 258 g/mol. The minimum atomic E-state index is -3.65. The highest BCUT2D eigenvalue weighted by Gasteiger charge is 2.35. The molecule has 0 spiro atoms. The van der Waals surface area contributed by atoms with Crippen LogP contribution in [0.3, 0.4) is 0 Å². The number of hydrogen-bond acceptors (Lipinski definition) is 3. The molecular formula is C11H12ClNO2S. The molecule has 0 heterocycles. The lowest BCUT2D eigenvalue weighted by Gasteiger charge is -2.16. The van der Waals surface area contributed by atoms with Crippen LogP contribution >= 0.6 is 11.6 Å². The summed E-state index contributed by atoms with van der Waals surface area (Å²) >= 11 is 5.82. The number of hydrogen-bond donors (Lipinski definition) is 0. The molecule has 3 nitrogen and oxygen atoms in total. The van der Waals surface area contributed by atoms with Crippen LogP contribution in [-0.2, 0) is 9.84 Å². The predicted molar refractivity (Wildman–Crippen MR) is 63.1 cm³/mol. The molecule has 16 heavy (non-hydrogen) atoms. The molecule has 0 aliphatic rings. The van der Waals surface area contributed by atoms with Gasteiger partial charge >= 0.3 is 0 Å². The van der Waals surface area contributed by atoms with Gasteiger partial charge in [0, 0.05) is 5.02 Å². The highest BCUT2D eigenvalue weighted by molar-refractivity contribution is 7.93. The van der Waals surface area contributed by atoms with Crippen molar-refractivity contribution < 1.29 is 8.42 Å². The molecule has 86 valence electrons. The van der Waals surface area contributed by atoms with E-state index in [1.807, 2.05) is 0 Å². The first-order valence-electron chi connectivity index (χ1n) is 4.64. The molecule has 0 saturated heterocycles. The lowest BCUT2D eigenvalue weighted by molar-refractivity contribution is 0.574. The van der Waals surface area contributed by atoms with Gasteiger partial charge in [-0.05, 0) is 44.5 Å². The second-order valence-corrected chi connectivity index (χ2v) is 6.94. The van der Waals surface area contributed by atoms with E-state index in [4.69, 9.17) is 16.9 Å². The van der Waals surface area contributed by atoms with Gasteiger partial charge in [0.2, 0.25) is 0 Å². The molecule has 0 bridgehead atoms. The third-order valence-electron chi connectivity index (χ3n) is 2.38. The van der Waals surface area contributed by atoms with Gasteiger partial charge in [-0.3, -0.25) is 0 Å². The van der Waals surface area contributed by atoms with Crippen LogP contribution in [-0.4, -0.2) is 13.2 Å². The maximum absolute atomic E-state index is 12.1. The van der Waals surface area contributed by atoms with Gasteiger partial charge in [-0.1, -0.05) is 11.6 Å². The van der Waals surface area contributed by atoms with E-state index in [1.165, 1.54) is 32.0 Å². The quantitative estimate of drug-likeness (QED) is 0.819. The van der Waals surface area contributed by atoms with E-state index in [0.29, 0.717) is 10.6 Å². The first-order chi connectivity index (χ1) is 7.22. The van der Waals surface area contributed by atoms with E-state index in [2.05, 4.69) is 0 Å². The SMILES string of the molecule is Cc1cc(S(=O)(=O)C(C)(C)C#N)ccc1Cl. The summed E-state index contributed by atoms with van der Waals surface area (Å²) in [4.78, 5) is 0.126. The Labute approximate surface area is 101 Å². The molecule has 0 aliphatic carbocycles. The molecule has 1 aromatic carbocycles. The van der Waals surface area contributed by atoms with Crippen molar-refractivity contribution in [3.05, 3.63) is 28.8 Å². The molecule has 0 N–H and O–H groups in total. The maximum Gasteiger partial charge on any atom is 0.196 e. The van der Waals surface area contributed by atoms with E-state index in [1.54, 1.807) is 13.0 Å². The standard InChI is InChI=1S/C11H12ClNO2S/c1-8-6-9(4-5-10(8)12)16(14,15)11(2,3)7-13/h4-6H,1-3H3. The van der Waals surface area contributed by atoms with Crippen molar-refractivity contribution in [3.8, 4) is 6.07 Å². The highest BCUT2D eigenvalue weighted by Crippen LogP contribution is 2.27. The number of rotatable bonds is 2. The van der Waals surface area contributed by atoms with Crippen molar-refractivity contribution in [1.82, 2.24) is 0 Å².